The van der Waals surface area contributed by atoms with Crippen LogP contribution in [0.2, 0.25) is 0 Å². The number of aliphatic carboxylic acids is 1. The third-order valence-corrected chi connectivity index (χ3v) is 3.91. The van der Waals surface area contributed by atoms with Gasteiger partial charge in [-0.2, -0.15) is 0 Å². The fourth-order valence-electron chi connectivity index (χ4n) is 2.49. The first-order valence-electron chi connectivity index (χ1n) is 8.63. The first-order valence-corrected chi connectivity index (χ1v) is 8.63. The van der Waals surface area contributed by atoms with Crippen molar-refractivity contribution in [3.8, 4) is 11.4 Å². The number of allylic oxidation sites excluding steroid dienone is 3. The molecule has 1 aromatic carbocycles. The molecule has 0 amide bonds. The molecule has 0 saturated heterocycles. The molecule has 1 aromatic heterocycles. The summed E-state index contributed by atoms with van der Waals surface area (Å²) in [4.78, 5) is 20.2. The van der Waals surface area contributed by atoms with Crippen LogP contribution < -0.4 is 0 Å². The normalized spacial score (nSPS) is 11.8. The van der Waals surface area contributed by atoms with Crippen LogP contribution in [0, 0.1) is 0 Å². The summed E-state index contributed by atoms with van der Waals surface area (Å²) in [6.07, 6.45) is 13.4. The summed E-state index contributed by atoms with van der Waals surface area (Å²) in [5, 5.41) is 9.33. The molecule has 4 heteroatoms. The van der Waals surface area contributed by atoms with E-state index in [0.29, 0.717) is 11.4 Å². The lowest BCUT2D eigenvalue weighted by Crippen LogP contribution is -1.99. The summed E-state index contributed by atoms with van der Waals surface area (Å²) in [5.74, 6) is -0.293. The molecule has 0 radical (unpaired) electrons. The lowest BCUT2D eigenvalue weighted by Gasteiger charge is -2.05. The van der Waals surface area contributed by atoms with Crippen LogP contribution in [0.5, 0.6) is 0 Å². The Bertz CT molecular complexity index is 744. The van der Waals surface area contributed by atoms with Gasteiger partial charge in [-0.3, -0.25) is 0 Å². The van der Waals surface area contributed by atoms with E-state index in [4.69, 9.17) is 0 Å². The first-order chi connectivity index (χ1) is 12.2. The van der Waals surface area contributed by atoms with Crippen LogP contribution in [0.1, 0.15) is 44.2 Å². The standard InChI is InChI=1S/C21H24N2O2/c1-3-5-7-8-16-14-22-20(23-15-16)18-12-10-17(11-13-18)19(21(24)25)9-6-4-2/h4,6,9-15H,3,5,7-8H2,1-2H3,(H,24,25)/b6-4+,19-9+. The molecule has 0 atom stereocenters. The highest BCUT2D eigenvalue weighted by Crippen LogP contribution is 2.20. The smallest absolute Gasteiger partial charge is 0.336 e. The van der Waals surface area contributed by atoms with Crippen LogP contribution >= 0.6 is 0 Å². The van der Waals surface area contributed by atoms with E-state index in [9.17, 15) is 9.90 Å². The van der Waals surface area contributed by atoms with E-state index in [2.05, 4.69) is 16.9 Å². The van der Waals surface area contributed by atoms with Crippen molar-refractivity contribution in [1.29, 1.82) is 0 Å². The van der Waals surface area contributed by atoms with Gasteiger partial charge < -0.3 is 5.11 Å². The summed E-state index contributed by atoms with van der Waals surface area (Å²) in [6, 6.07) is 7.29. The van der Waals surface area contributed by atoms with Gasteiger partial charge in [-0.1, -0.05) is 56.2 Å². The van der Waals surface area contributed by atoms with E-state index < -0.39 is 5.97 Å². The highest BCUT2D eigenvalue weighted by molar-refractivity contribution is 6.15. The van der Waals surface area contributed by atoms with Crippen LogP contribution in [0.4, 0.5) is 0 Å². The molecule has 0 fully saturated rings. The highest BCUT2D eigenvalue weighted by Gasteiger charge is 2.10. The molecule has 0 aliphatic carbocycles. The van der Waals surface area contributed by atoms with Gasteiger partial charge in [-0.25, -0.2) is 14.8 Å². The second-order valence-corrected chi connectivity index (χ2v) is 5.86. The molecule has 25 heavy (non-hydrogen) atoms. The van der Waals surface area contributed by atoms with E-state index in [1.165, 1.54) is 12.8 Å². The van der Waals surface area contributed by atoms with Crippen molar-refractivity contribution in [2.45, 2.75) is 39.5 Å². The van der Waals surface area contributed by atoms with Gasteiger partial charge in [0.05, 0.1) is 5.57 Å². The van der Waals surface area contributed by atoms with Gasteiger partial charge in [0.1, 0.15) is 0 Å². The van der Waals surface area contributed by atoms with Gasteiger partial charge in [0.15, 0.2) is 5.82 Å². The minimum absolute atomic E-state index is 0.261. The number of hydrogen-bond acceptors (Lipinski definition) is 3. The molecule has 2 rings (SSSR count). The largest absolute Gasteiger partial charge is 0.478 e. The predicted octanol–water partition coefficient (Wildman–Crippen LogP) is 4.92. The Balaban J connectivity index is 2.15. The van der Waals surface area contributed by atoms with Crippen molar-refractivity contribution in [3.05, 3.63) is 66.0 Å². The Morgan fingerprint density at radius 2 is 1.80 bits per heavy atom. The van der Waals surface area contributed by atoms with Gasteiger partial charge in [0.25, 0.3) is 0 Å². The molecule has 2 aromatic rings. The van der Waals surface area contributed by atoms with Crippen LogP contribution in [0.25, 0.3) is 17.0 Å². The Morgan fingerprint density at radius 3 is 2.36 bits per heavy atom. The molecule has 1 heterocycles. The molecular weight excluding hydrogens is 312 g/mol. The number of benzene rings is 1. The number of aryl methyl sites for hydroxylation is 1. The van der Waals surface area contributed by atoms with Gasteiger partial charge in [-0.05, 0) is 37.0 Å². The Morgan fingerprint density at radius 1 is 1.12 bits per heavy atom. The first kappa shape index (κ1) is 18.6. The van der Waals surface area contributed by atoms with Crippen molar-refractivity contribution < 1.29 is 9.90 Å². The molecule has 0 aliphatic rings. The number of aromatic nitrogens is 2. The maximum Gasteiger partial charge on any atom is 0.336 e. The molecule has 0 bridgehead atoms. The van der Waals surface area contributed by atoms with E-state index in [1.54, 1.807) is 30.4 Å². The maximum absolute atomic E-state index is 11.4. The molecule has 0 aliphatic heterocycles. The van der Waals surface area contributed by atoms with Crippen molar-refractivity contribution >= 4 is 11.5 Å². The predicted molar refractivity (Wildman–Crippen MR) is 101 cm³/mol. The number of rotatable bonds is 8. The maximum atomic E-state index is 11.4. The number of carbonyl (C=O) groups is 1. The minimum atomic E-state index is -0.946. The molecule has 0 spiro atoms. The fraction of sp³-hybridized carbons (Fsp3) is 0.286. The highest BCUT2D eigenvalue weighted by atomic mass is 16.4. The molecule has 1 N–H and O–H groups in total. The van der Waals surface area contributed by atoms with Crippen LogP contribution in [-0.4, -0.2) is 21.0 Å². The average Bonchev–Trinajstić information content (AvgIpc) is 2.63. The summed E-state index contributed by atoms with van der Waals surface area (Å²) < 4.78 is 0. The number of unbranched alkanes of at least 4 members (excludes halogenated alkanes) is 2. The van der Waals surface area contributed by atoms with E-state index >= 15 is 0 Å². The van der Waals surface area contributed by atoms with Crippen molar-refractivity contribution in [2.24, 2.45) is 0 Å². The number of carboxylic acids is 1. The molecule has 4 nitrogen and oxygen atoms in total. The quantitative estimate of drug-likeness (QED) is 0.422. The summed E-state index contributed by atoms with van der Waals surface area (Å²) in [7, 11) is 0. The lowest BCUT2D eigenvalue weighted by molar-refractivity contribution is -0.130. The monoisotopic (exact) mass is 336 g/mol. The van der Waals surface area contributed by atoms with Crippen molar-refractivity contribution in [2.75, 3.05) is 0 Å². The second-order valence-electron chi connectivity index (χ2n) is 5.86. The Kier molecular flexibility index (Phi) is 7.08. The van der Waals surface area contributed by atoms with Crippen LogP contribution in [0.15, 0.2) is 54.9 Å². The molecule has 0 unspecified atom stereocenters. The molecule has 130 valence electrons. The molecule has 0 saturated carbocycles. The summed E-state index contributed by atoms with van der Waals surface area (Å²) in [5.41, 5.74) is 2.94. The third-order valence-electron chi connectivity index (χ3n) is 3.91. The zero-order chi connectivity index (χ0) is 18.1. The van der Waals surface area contributed by atoms with Gasteiger partial charge >= 0.3 is 5.97 Å². The summed E-state index contributed by atoms with van der Waals surface area (Å²) >= 11 is 0. The number of hydrogen-bond donors (Lipinski definition) is 1. The lowest BCUT2D eigenvalue weighted by atomic mass is 10.0. The zero-order valence-electron chi connectivity index (χ0n) is 14.8. The fourth-order valence-corrected chi connectivity index (χ4v) is 2.49. The minimum Gasteiger partial charge on any atom is -0.478 e. The Hall–Kier alpha value is -2.75. The average molecular weight is 336 g/mol. The van der Waals surface area contributed by atoms with Crippen molar-refractivity contribution in [3.63, 3.8) is 0 Å². The Labute approximate surface area is 149 Å². The second kappa shape index (κ2) is 9.52. The van der Waals surface area contributed by atoms with Crippen LogP contribution in [-0.2, 0) is 11.2 Å². The van der Waals surface area contributed by atoms with Crippen molar-refractivity contribution in [1.82, 2.24) is 9.97 Å². The number of nitrogens with zero attached hydrogens (tertiary/aromatic N) is 2. The van der Waals surface area contributed by atoms with Gasteiger partial charge in [0, 0.05) is 18.0 Å². The summed E-state index contributed by atoms with van der Waals surface area (Å²) in [6.45, 7) is 4.04. The SMILES string of the molecule is C/C=C/C=C(/C(=O)O)c1ccc(-c2ncc(CCCCC)cn2)cc1. The van der Waals surface area contributed by atoms with E-state index in [-0.39, 0.29) is 5.57 Å². The van der Waals surface area contributed by atoms with Gasteiger partial charge in [-0.15, -0.1) is 0 Å². The number of carboxylic acid groups (broad SMARTS) is 1. The zero-order valence-corrected chi connectivity index (χ0v) is 14.8. The third kappa shape index (κ3) is 5.38. The van der Waals surface area contributed by atoms with E-state index in [0.717, 1.165) is 24.0 Å². The molecular formula is C21H24N2O2. The topological polar surface area (TPSA) is 63.1 Å². The van der Waals surface area contributed by atoms with Gasteiger partial charge in [0.2, 0.25) is 0 Å². The van der Waals surface area contributed by atoms with Crippen LogP contribution in [0.3, 0.4) is 0 Å². The van der Waals surface area contributed by atoms with E-state index in [1.807, 2.05) is 31.5 Å².